The van der Waals surface area contributed by atoms with Crippen LogP contribution in [-0.4, -0.2) is 0 Å². The summed E-state index contributed by atoms with van der Waals surface area (Å²) in [6.07, 6.45) is 1.35. The van der Waals surface area contributed by atoms with E-state index in [-0.39, 0.29) is 17.9 Å². The molecule has 0 radical (unpaired) electrons. The van der Waals surface area contributed by atoms with E-state index in [0.29, 0.717) is 10.6 Å². The molecule has 108 valence electrons. The second-order valence-electron chi connectivity index (χ2n) is 4.34. The second kappa shape index (κ2) is 7.26. The highest BCUT2D eigenvalue weighted by molar-refractivity contribution is 6.31. The normalized spacial score (nSPS) is 9.45. The molecule has 3 nitrogen and oxygen atoms in total. The highest BCUT2D eigenvalue weighted by atomic mass is 35.5. The van der Waals surface area contributed by atoms with Crippen molar-refractivity contribution in [3.05, 3.63) is 70.0 Å². The summed E-state index contributed by atoms with van der Waals surface area (Å²) in [5.41, 5.74) is 1.12. The molecule has 0 atom stereocenters. The van der Waals surface area contributed by atoms with Gasteiger partial charge in [-0.3, -0.25) is 0 Å². The Hall–Kier alpha value is -2.82. The van der Waals surface area contributed by atoms with Gasteiger partial charge in [-0.15, -0.1) is 0 Å². The maximum absolute atomic E-state index is 13.4. The van der Waals surface area contributed by atoms with Crippen LogP contribution in [0, 0.1) is 28.5 Å². The van der Waals surface area contributed by atoms with Crippen molar-refractivity contribution < 1.29 is 9.13 Å². The first-order chi connectivity index (χ1) is 10.6. The highest BCUT2D eigenvalue weighted by Crippen LogP contribution is 2.25. The molecule has 0 N–H and O–H groups in total. The van der Waals surface area contributed by atoms with E-state index < -0.39 is 5.82 Å². The average molecular weight is 313 g/mol. The summed E-state index contributed by atoms with van der Waals surface area (Å²) in [5, 5.41) is 18.2. The molecule has 0 aromatic heterocycles. The third kappa shape index (κ3) is 3.85. The zero-order valence-electron chi connectivity index (χ0n) is 11.4. The van der Waals surface area contributed by atoms with Gasteiger partial charge in [-0.25, -0.2) is 4.39 Å². The number of benzene rings is 2. The van der Waals surface area contributed by atoms with Crippen LogP contribution >= 0.6 is 11.6 Å². The van der Waals surface area contributed by atoms with Gasteiger partial charge in [-0.1, -0.05) is 29.8 Å². The SMILES string of the molecule is N#CC(C#N)=Cc1ccc(F)cc1OCc1ccccc1Cl. The molecule has 0 saturated heterocycles. The lowest BCUT2D eigenvalue weighted by Gasteiger charge is -2.10. The van der Waals surface area contributed by atoms with Gasteiger partial charge in [0.1, 0.15) is 35.9 Å². The van der Waals surface area contributed by atoms with E-state index >= 15 is 0 Å². The number of nitriles is 2. The Kier molecular flexibility index (Phi) is 5.14. The first-order valence-corrected chi connectivity index (χ1v) is 6.69. The largest absolute Gasteiger partial charge is 0.488 e. The lowest BCUT2D eigenvalue weighted by Crippen LogP contribution is -1.98. The quantitative estimate of drug-likeness (QED) is 0.782. The van der Waals surface area contributed by atoms with Crippen molar-refractivity contribution in [1.29, 1.82) is 10.5 Å². The summed E-state index contributed by atoms with van der Waals surface area (Å²) in [4.78, 5) is 0. The summed E-state index contributed by atoms with van der Waals surface area (Å²) in [7, 11) is 0. The van der Waals surface area contributed by atoms with Crippen LogP contribution in [0.3, 0.4) is 0 Å². The van der Waals surface area contributed by atoms with E-state index in [2.05, 4.69) is 0 Å². The number of nitrogens with zero attached hydrogens (tertiary/aromatic N) is 2. The van der Waals surface area contributed by atoms with Crippen LogP contribution in [0.25, 0.3) is 6.08 Å². The average Bonchev–Trinajstić information content (AvgIpc) is 2.53. The van der Waals surface area contributed by atoms with Crippen LogP contribution in [0.1, 0.15) is 11.1 Å². The fourth-order valence-electron chi connectivity index (χ4n) is 1.77. The zero-order chi connectivity index (χ0) is 15.9. The number of allylic oxidation sites excluding steroid dienone is 1. The minimum Gasteiger partial charge on any atom is -0.488 e. The van der Waals surface area contributed by atoms with E-state index in [0.717, 1.165) is 5.56 Å². The number of hydrogen-bond acceptors (Lipinski definition) is 3. The van der Waals surface area contributed by atoms with Gasteiger partial charge < -0.3 is 4.74 Å². The summed E-state index contributed by atoms with van der Waals surface area (Å²) in [6, 6.07) is 14.6. The maximum atomic E-state index is 13.4. The standard InChI is InChI=1S/C17H10ClFN2O/c18-16-4-2-1-3-14(16)11-22-17-8-15(19)6-5-13(17)7-12(9-20)10-21/h1-8H,11H2. The fourth-order valence-corrected chi connectivity index (χ4v) is 1.96. The molecule has 0 fully saturated rings. The van der Waals surface area contributed by atoms with Crippen LogP contribution in [0.4, 0.5) is 4.39 Å². The van der Waals surface area contributed by atoms with Crippen LogP contribution in [0.2, 0.25) is 5.02 Å². The van der Waals surface area contributed by atoms with Gasteiger partial charge in [0.15, 0.2) is 0 Å². The van der Waals surface area contributed by atoms with E-state index in [1.807, 2.05) is 6.07 Å². The smallest absolute Gasteiger partial charge is 0.130 e. The molecule has 0 heterocycles. The van der Waals surface area contributed by atoms with Gasteiger partial charge in [0.05, 0.1) is 0 Å². The summed E-state index contributed by atoms with van der Waals surface area (Å²) < 4.78 is 19.0. The van der Waals surface area contributed by atoms with Crippen LogP contribution in [-0.2, 0) is 6.61 Å². The zero-order valence-corrected chi connectivity index (χ0v) is 12.1. The van der Waals surface area contributed by atoms with Crippen molar-refractivity contribution in [2.75, 3.05) is 0 Å². The molecule has 0 unspecified atom stereocenters. The van der Waals surface area contributed by atoms with Gasteiger partial charge in [0.2, 0.25) is 0 Å². The molecular weight excluding hydrogens is 303 g/mol. The minimum atomic E-state index is -0.471. The van der Waals surface area contributed by atoms with Crippen LogP contribution in [0.5, 0.6) is 5.75 Å². The molecule has 0 bridgehead atoms. The Bertz CT molecular complexity index is 787. The van der Waals surface area contributed by atoms with Gasteiger partial charge >= 0.3 is 0 Å². The Labute approximate surface area is 132 Å². The number of ether oxygens (including phenoxy) is 1. The summed E-state index contributed by atoms with van der Waals surface area (Å²) in [5.74, 6) is -0.232. The highest BCUT2D eigenvalue weighted by Gasteiger charge is 2.07. The van der Waals surface area contributed by atoms with Crippen molar-refractivity contribution >= 4 is 17.7 Å². The molecule has 5 heteroatoms. The lowest BCUT2D eigenvalue weighted by molar-refractivity contribution is 0.304. The van der Waals surface area contributed by atoms with E-state index in [9.17, 15) is 4.39 Å². The molecule has 2 aromatic rings. The van der Waals surface area contributed by atoms with Gasteiger partial charge in [-0.2, -0.15) is 10.5 Å². The third-order valence-corrected chi connectivity index (χ3v) is 3.23. The third-order valence-electron chi connectivity index (χ3n) is 2.86. The van der Waals surface area contributed by atoms with Gasteiger partial charge in [-0.05, 0) is 24.3 Å². The maximum Gasteiger partial charge on any atom is 0.130 e. The van der Waals surface area contributed by atoms with Crippen molar-refractivity contribution in [3.8, 4) is 17.9 Å². The topological polar surface area (TPSA) is 56.8 Å². The summed E-state index contributed by atoms with van der Waals surface area (Å²) in [6.45, 7) is 0.151. The molecule has 0 aliphatic rings. The predicted octanol–water partition coefficient (Wildman–Crippen LogP) is 4.49. The molecule has 0 aliphatic carbocycles. The van der Waals surface area contributed by atoms with E-state index in [4.69, 9.17) is 26.9 Å². The van der Waals surface area contributed by atoms with Crippen molar-refractivity contribution in [3.63, 3.8) is 0 Å². The van der Waals surface area contributed by atoms with Gasteiger partial charge in [0.25, 0.3) is 0 Å². The van der Waals surface area contributed by atoms with E-state index in [1.54, 1.807) is 30.3 Å². The number of halogens is 2. The van der Waals surface area contributed by atoms with Crippen molar-refractivity contribution in [1.82, 2.24) is 0 Å². The molecule has 0 amide bonds. The molecule has 2 rings (SSSR count). The van der Waals surface area contributed by atoms with Crippen molar-refractivity contribution in [2.45, 2.75) is 6.61 Å². The number of hydrogen-bond donors (Lipinski definition) is 0. The Morgan fingerprint density at radius 1 is 1.18 bits per heavy atom. The van der Waals surface area contributed by atoms with E-state index in [1.165, 1.54) is 24.3 Å². The molecule has 22 heavy (non-hydrogen) atoms. The Balaban J connectivity index is 2.29. The molecule has 0 spiro atoms. The van der Waals surface area contributed by atoms with Crippen molar-refractivity contribution in [2.24, 2.45) is 0 Å². The van der Waals surface area contributed by atoms with Gasteiger partial charge in [0, 0.05) is 22.2 Å². The lowest BCUT2D eigenvalue weighted by atomic mass is 10.1. The minimum absolute atomic E-state index is 0.0887. The molecule has 0 saturated carbocycles. The number of rotatable bonds is 4. The molecule has 2 aromatic carbocycles. The molecular formula is C17H10ClFN2O. The second-order valence-corrected chi connectivity index (χ2v) is 4.75. The van der Waals surface area contributed by atoms with Crippen LogP contribution < -0.4 is 4.74 Å². The monoisotopic (exact) mass is 312 g/mol. The molecule has 0 aliphatic heterocycles. The Morgan fingerprint density at radius 3 is 2.59 bits per heavy atom. The Morgan fingerprint density at radius 2 is 1.91 bits per heavy atom. The fraction of sp³-hybridized carbons (Fsp3) is 0.0588. The predicted molar refractivity (Wildman–Crippen MR) is 81.4 cm³/mol. The first-order valence-electron chi connectivity index (χ1n) is 6.31. The summed E-state index contributed by atoms with van der Waals surface area (Å²) >= 11 is 6.04. The first kappa shape index (κ1) is 15.6. The van der Waals surface area contributed by atoms with Crippen LogP contribution in [0.15, 0.2) is 48.0 Å².